The average molecular weight is 488 g/mol. The van der Waals surface area contributed by atoms with E-state index in [1.165, 1.54) is 6.08 Å². The van der Waals surface area contributed by atoms with Gasteiger partial charge in [0.25, 0.3) is 5.91 Å². The van der Waals surface area contributed by atoms with Gasteiger partial charge in [0.1, 0.15) is 0 Å². The van der Waals surface area contributed by atoms with Gasteiger partial charge in [-0.1, -0.05) is 60.7 Å². The van der Waals surface area contributed by atoms with E-state index in [9.17, 15) is 9.59 Å². The van der Waals surface area contributed by atoms with Crippen LogP contribution in [0.15, 0.2) is 109 Å². The molecule has 0 unspecified atom stereocenters. The predicted octanol–water partition coefficient (Wildman–Crippen LogP) is 6.19. The molecule has 37 heavy (non-hydrogen) atoms. The molecule has 0 bridgehead atoms. The Bertz CT molecular complexity index is 1600. The zero-order chi connectivity index (χ0) is 25.8. The summed E-state index contributed by atoms with van der Waals surface area (Å²) in [6.07, 6.45) is 4.47. The second kappa shape index (κ2) is 10.3. The van der Waals surface area contributed by atoms with Crippen LogP contribution >= 0.6 is 0 Å². The number of rotatable bonds is 7. The first-order valence-electron chi connectivity index (χ1n) is 11.9. The van der Waals surface area contributed by atoms with Gasteiger partial charge in [0.15, 0.2) is 0 Å². The van der Waals surface area contributed by atoms with Crippen LogP contribution < -0.4 is 4.90 Å². The molecule has 5 aromatic rings. The highest BCUT2D eigenvalue weighted by Crippen LogP contribution is 2.26. The fourth-order valence-electron chi connectivity index (χ4n) is 4.31. The molecular formula is C31H25N3O3. The Morgan fingerprint density at radius 2 is 1.65 bits per heavy atom. The Hall–Kier alpha value is -4.97. The highest BCUT2D eigenvalue weighted by atomic mass is 16.4. The van der Waals surface area contributed by atoms with Crippen molar-refractivity contribution in [3.63, 3.8) is 0 Å². The Morgan fingerprint density at radius 1 is 0.892 bits per heavy atom. The lowest BCUT2D eigenvalue weighted by molar-refractivity contribution is -0.131. The largest absolute Gasteiger partial charge is 0.478 e. The van der Waals surface area contributed by atoms with E-state index in [2.05, 4.69) is 35.4 Å². The summed E-state index contributed by atoms with van der Waals surface area (Å²) >= 11 is 0. The molecule has 0 aliphatic heterocycles. The maximum absolute atomic E-state index is 13.5. The second-order valence-corrected chi connectivity index (χ2v) is 8.76. The van der Waals surface area contributed by atoms with Crippen LogP contribution in [-0.2, 0) is 18.4 Å². The Kier molecular flexibility index (Phi) is 6.64. The Labute approximate surface area is 214 Å². The van der Waals surface area contributed by atoms with Crippen LogP contribution in [0.5, 0.6) is 0 Å². The summed E-state index contributed by atoms with van der Waals surface area (Å²) in [5, 5.41) is 14.4. The minimum Gasteiger partial charge on any atom is -0.478 e. The van der Waals surface area contributed by atoms with Crippen LogP contribution in [0.1, 0.15) is 21.5 Å². The maximum Gasteiger partial charge on any atom is 0.328 e. The number of benzene rings is 4. The zero-order valence-corrected chi connectivity index (χ0v) is 20.3. The van der Waals surface area contributed by atoms with Gasteiger partial charge in [-0.15, -0.1) is 0 Å². The number of hydrogen-bond donors (Lipinski definition) is 1. The van der Waals surface area contributed by atoms with Crippen molar-refractivity contribution in [1.82, 2.24) is 9.78 Å². The first-order chi connectivity index (χ1) is 18.0. The predicted molar refractivity (Wildman–Crippen MR) is 146 cm³/mol. The molecule has 0 saturated carbocycles. The van der Waals surface area contributed by atoms with E-state index in [0.29, 0.717) is 23.4 Å². The molecule has 0 aliphatic rings. The van der Waals surface area contributed by atoms with Crippen LogP contribution in [0.3, 0.4) is 0 Å². The number of aryl methyl sites for hydroxylation is 1. The van der Waals surface area contributed by atoms with Gasteiger partial charge >= 0.3 is 5.97 Å². The molecule has 0 spiro atoms. The number of nitrogens with zero attached hydrogens (tertiary/aromatic N) is 3. The molecule has 6 heteroatoms. The number of amides is 1. The van der Waals surface area contributed by atoms with Crippen LogP contribution in [0, 0.1) is 0 Å². The summed E-state index contributed by atoms with van der Waals surface area (Å²) in [6.45, 7) is 0.363. The molecule has 182 valence electrons. The SMILES string of the molecule is Cn1ncc2cc(-c3ccc(CN(C(=O)c4ccccc4)c4cccc(/C=C/C(=O)O)c4)cc3)ccc21. The van der Waals surface area contributed by atoms with Gasteiger partial charge in [0.05, 0.1) is 18.3 Å². The standard InChI is InChI=1S/C31H25N3O3/c1-33-29-16-15-26(19-27(29)20-32-33)24-13-10-23(11-14-24)21-34(31(37)25-7-3-2-4-8-25)28-9-5-6-22(18-28)12-17-30(35)36/h2-20H,21H2,1H3,(H,35,36)/b17-12+. The Morgan fingerprint density at radius 3 is 2.41 bits per heavy atom. The van der Waals surface area contributed by atoms with Crippen molar-refractivity contribution in [3.05, 3.63) is 126 Å². The van der Waals surface area contributed by atoms with Crippen molar-refractivity contribution in [2.45, 2.75) is 6.54 Å². The van der Waals surface area contributed by atoms with E-state index in [4.69, 9.17) is 5.11 Å². The quantitative estimate of drug-likeness (QED) is 0.278. The highest BCUT2D eigenvalue weighted by Gasteiger charge is 2.18. The third kappa shape index (κ3) is 5.33. The van der Waals surface area contributed by atoms with Gasteiger partial charge in [0, 0.05) is 29.8 Å². The summed E-state index contributed by atoms with van der Waals surface area (Å²) in [5.74, 6) is -1.16. The van der Waals surface area contributed by atoms with E-state index >= 15 is 0 Å². The first-order valence-corrected chi connectivity index (χ1v) is 11.9. The van der Waals surface area contributed by atoms with Gasteiger partial charge < -0.3 is 10.0 Å². The fourth-order valence-corrected chi connectivity index (χ4v) is 4.31. The third-order valence-corrected chi connectivity index (χ3v) is 6.24. The van der Waals surface area contributed by atoms with Gasteiger partial charge in [-0.3, -0.25) is 9.48 Å². The number of anilines is 1. The van der Waals surface area contributed by atoms with Crippen molar-refractivity contribution in [3.8, 4) is 11.1 Å². The number of carboxylic acid groups (broad SMARTS) is 1. The van der Waals surface area contributed by atoms with Crippen molar-refractivity contribution in [2.75, 3.05) is 4.90 Å². The molecule has 1 N–H and O–H groups in total. The molecule has 6 nitrogen and oxygen atoms in total. The van der Waals surface area contributed by atoms with Crippen molar-refractivity contribution < 1.29 is 14.7 Å². The highest BCUT2D eigenvalue weighted by molar-refractivity contribution is 6.06. The second-order valence-electron chi connectivity index (χ2n) is 8.76. The van der Waals surface area contributed by atoms with Crippen LogP contribution in [0.4, 0.5) is 5.69 Å². The molecule has 4 aromatic carbocycles. The summed E-state index contributed by atoms with van der Waals surface area (Å²) in [6, 6.07) is 30.9. The number of fused-ring (bicyclic) bond motifs is 1. The minimum atomic E-state index is -1.02. The lowest BCUT2D eigenvalue weighted by Crippen LogP contribution is -2.30. The first kappa shape index (κ1) is 23.8. The molecule has 0 fully saturated rings. The van der Waals surface area contributed by atoms with Crippen LogP contribution in [0.2, 0.25) is 0 Å². The lowest BCUT2D eigenvalue weighted by atomic mass is 10.0. The summed E-state index contributed by atoms with van der Waals surface area (Å²) in [5.41, 5.74) is 6.20. The summed E-state index contributed by atoms with van der Waals surface area (Å²) in [4.78, 5) is 26.2. The fraction of sp³-hybridized carbons (Fsp3) is 0.0645. The number of hydrogen-bond acceptors (Lipinski definition) is 3. The number of carbonyl (C=O) groups is 2. The average Bonchev–Trinajstić information content (AvgIpc) is 3.31. The van der Waals surface area contributed by atoms with E-state index < -0.39 is 5.97 Å². The van der Waals surface area contributed by atoms with Gasteiger partial charge in [0.2, 0.25) is 0 Å². The molecule has 1 aromatic heterocycles. The van der Waals surface area contributed by atoms with Gasteiger partial charge in [-0.05, 0) is 64.7 Å². The van der Waals surface area contributed by atoms with E-state index in [-0.39, 0.29) is 5.91 Å². The lowest BCUT2D eigenvalue weighted by Gasteiger charge is -2.24. The zero-order valence-electron chi connectivity index (χ0n) is 20.3. The monoisotopic (exact) mass is 487 g/mol. The normalized spacial score (nSPS) is 11.2. The molecule has 1 amide bonds. The van der Waals surface area contributed by atoms with E-state index in [1.807, 2.05) is 72.5 Å². The molecule has 0 saturated heterocycles. The molecule has 0 radical (unpaired) electrons. The van der Waals surface area contributed by atoms with Crippen molar-refractivity contribution in [2.24, 2.45) is 7.05 Å². The van der Waals surface area contributed by atoms with Crippen LogP contribution in [-0.4, -0.2) is 26.8 Å². The number of carbonyl (C=O) groups excluding carboxylic acids is 1. The third-order valence-electron chi connectivity index (χ3n) is 6.24. The smallest absolute Gasteiger partial charge is 0.328 e. The van der Waals surface area contributed by atoms with Crippen molar-refractivity contribution in [1.29, 1.82) is 0 Å². The molecule has 5 rings (SSSR count). The molecular weight excluding hydrogens is 462 g/mol. The summed E-state index contributed by atoms with van der Waals surface area (Å²) in [7, 11) is 1.93. The van der Waals surface area contributed by atoms with Crippen molar-refractivity contribution >= 4 is 34.5 Å². The van der Waals surface area contributed by atoms with E-state index in [0.717, 1.165) is 33.7 Å². The van der Waals surface area contributed by atoms with Gasteiger partial charge in [-0.25, -0.2) is 4.79 Å². The van der Waals surface area contributed by atoms with Crippen LogP contribution in [0.25, 0.3) is 28.1 Å². The number of aromatic nitrogens is 2. The Balaban J connectivity index is 1.45. The van der Waals surface area contributed by atoms with Gasteiger partial charge in [-0.2, -0.15) is 5.10 Å². The topological polar surface area (TPSA) is 75.4 Å². The number of carboxylic acids is 1. The molecule has 0 atom stereocenters. The molecule has 1 heterocycles. The minimum absolute atomic E-state index is 0.133. The molecule has 0 aliphatic carbocycles. The number of aliphatic carboxylic acids is 1. The summed E-state index contributed by atoms with van der Waals surface area (Å²) < 4.78 is 1.85. The maximum atomic E-state index is 13.5. The van der Waals surface area contributed by atoms with E-state index in [1.54, 1.807) is 17.0 Å².